The SMILES string of the molecule is CN1[C]=CN(N)N1. The Balaban J connectivity index is 2.42. The van der Waals surface area contributed by atoms with E-state index < -0.39 is 0 Å². The van der Waals surface area contributed by atoms with Crippen LogP contribution in [-0.2, 0) is 0 Å². The summed E-state index contributed by atoms with van der Waals surface area (Å²) >= 11 is 0. The second kappa shape index (κ2) is 1.40. The third-order valence-corrected chi connectivity index (χ3v) is 0.656. The fraction of sp³-hybridized carbons (Fsp3) is 0.333. The molecule has 0 fully saturated rings. The first kappa shape index (κ1) is 4.42. The summed E-state index contributed by atoms with van der Waals surface area (Å²) in [7, 11) is 1.81. The van der Waals surface area contributed by atoms with E-state index in [1.807, 2.05) is 7.05 Å². The molecule has 1 rings (SSSR count). The maximum Gasteiger partial charge on any atom is 0.0989 e. The largest absolute Gasteiger partial charge is 0.289 e. The van der Waals surface area contributed by atoms with Crippen molar-refractivity contribution in [3.05, 3.63) is 12.4 Å². The predicted molar refractivity (Wildman–Crippen MR) is 24.7 cm³/mol. The summed E-state index contributed by atoms with van der Waals surface area (Å²) in [6.45, 7) is 0. The molecule has 1 radical (unpaired) electrons. The molecular formula is C3H7N4. The average Bonchev–Trinajstić information content (AvgIpc) is 1.87. The Morgan fingerprint density at radius 2 is 2.57 bits per heavy atom. The Hall–Kier alpha value is -0.740. The Labute approximate surface area is 42.1 Å². The van der Waals surface area contributed by atoms with E-state index in [9.17, 15) is 0 Å². The maximum absolute atomic E-state index is 5.19. The van der Waals surface area contributed by atoms with Crippen LogP contribution >= 0.6 is 0 Å². The van der Waals surface area contributed by atoms with Gasteiger partial charge in [0.05, 0.1) is 12.4 Å². The first-order valence-corrected chi connectivity index (χ1v) is 1.92. The van der Waals surface area contributed by atoms with Crippen LogP contribution in [0.25, 0.3) is 0 Å². The van der Waals surface area contributed by atoms with Gasteiger partial charge in [0.15, 0.2) is 0 Å². The lowest BCUT2D eigenvalue weighted by Gasteiger charge is -2.11. The molecule has 0 spiro atoms. The summed E-state index contributed by atoms with van der Waals surface area (Å²) in [5.74, 6) is 5.19. The van der Waals surface area contributed by atoms with Gasteiger partial charge in [-0.15, -0.1) is 5.53 Å². The van der Waals surface area contributed by atoms with Crippen molar-refractivity contribution < 1.29 is 0 Å². The van der Waals surface area contributed by atoms with Gasteiger partial charge >= 0.3 is 0 Å². The monoisotopic (exact) mass is 99.1 g/mol. The lowest BCUT2D eigenvalue weighted by Crippen LogP contribution is -2.41. The van der Waals surface area contributed by atoms with Crippen LogP contribution in [0.3, 0.4) is 0 Å². The van der Waals surface area contributed by atoms with Crippen LogP contribution in [-0.4, -0.2) is 17.2 Å². The Bertz CT molecular complexity index is 78.9. The Morgan fingerprint density at radius 3 is 2.71 bits per heavy atom. The van der Waals surface area contributed by atoms with Crippen molar-refractivity contribution in [1.29, 1.82) is 0 Å². The van der Waals surface area contributed by atoms with Crippen molar-refractivity contribution in [2.75, 3.05) is 7.05 Å². The fourth-order valence-electron chi connectivity index (χ4n) is 0.380. The van der Waals surface area contributed by atoms with Gasteiger partial charge in [-0.05, 0) is 0 Å². The minimum absolute atomic E-state index is 1.32. The van der Waals surface area contributed by atoms with Crippen molar-refractivity contribution >= 4 is 0 Å². The van der Waals surface area contributed by atoms with Crippen LogP contribution in [0.1, 0.15) is 0 Å². The molecule has 3 N–H and O–H groups in total. The number of rotatable bonds is 0. The molecule has 7 heavy (non-hydrogen) atoms. The molecule has 39 valence electrons. The summed E-state index contributed by atoms with van der Waals surface area (Å²) in [5, 5.41) is 2.94. The molecule has 0 bridgehead atoms. The Morgan fingerprint density at radius 1 is 1.86 bits per heavy atom. The smallest absolute Gasteiger partial charge is 0.0989 e. The van der Waals surface area contributed by atoms with Gasteiger partial charge in [-0.1, -0.05) is 0 Å². The molecule has 1 aliphatic rings. The Kier molecular flexibility index (Phi) is 0.883. The van der Waals surface area contributed by atoms with Crippen LogP contribution in [0.5, 0.6) is 0 Å². The standard InChI is InChI=1S/C3H7N4/c1-6-2-3-7(4)5-6/h3,5H,4H2,1H3. The van der Waals surface area contributed by atoms with Crippen molar-refractivity contribution in [1.82, 2.24) is 15.7 Å². The van der Waals surface area contributed by atoms with Crippen molar-refractivity contribution in [2.24, 2.45) is 5.84 Å². The summed E-state index contributed by atoms with van der Waals surface area (Å²) in [6, 6.07) is 0. The average molecular weight is 99.1 g/mol. The quantitative estimate of drug-likeness (QED) is 0.374. The van der Waals surface area contributed by atoms with Crippen LogP contribution in [0.15, 0.2) is 6.20 Å². The first-order chi connectivity index (χ1) is 3.29. The zero-order chi connectivity index (χ0) is 5.28. The third-order valence-electron chi connectivity index (χ3n) is 0.656. The lowest BCUT2D eigenvalue weighted by atomic mass is 10.9. The first-order valence-electron chi connectivity index (χ1n) is 1.92. The summed E-state index contributed by atoms with van der Waals surface area (Å²) in [6.07, 6.45) is 4.36. The van der Waals surface area contributed by atoms with Gasteiger partial charge in [-0.2, -0.15) is 0 Å². The number of hydrogen-bond acceptors (Lipinski definition) is 4. The second-order valence-electron chi connectivity index (χ2n) is 1.32. The lowest BCUT2D eigenvalue weighted by molar-refractivity contribution is 0.160. The molecule has 0 aromatic heterocycles. The van der Waals surface area contributed by atoms with Gasteiger partial charge in [-0.25, -0.2) is 11.0 Å². The van der Waals surface area contributed by atoms with Crippen LogP contribution in [0.4, 0.5) is 0 Å². The highest BCUT2D eigenvalue weighted by Crippen LogP contribution is 1.86. The molecule has 0 saturated carbocycles. The van der Waals surface area contributed by atoms with E-state index in [0.717, 1.165) is 0 Å². The molecule has 0 aliphatic carbocycles. The van der Waals surface area contributed by atoms with Gasteiger partial charge in [0.25, 0.3) is 0 Å². The molecule has 0 saturated heterocycles. The molecule has 0 aromatic rings. The topological polar surface area (TPSA) is 44.5 Å². The van der Waals surface area contributed by atoms with E-state index >= 15 is 0 Å². The molecule has 1 heterocycles. The van der Waals surface area contributed by atoms with E-state index in [1.165, 1.54) is 5.12 Å². The summed E-state index contributed by atoms with van der Waals surface area (Å²) in [4.78, 5) is 0. The highest BCUT2D eigenvalue weighted by Gasteiger charge is 2.00. The minimum atomic E-state index is 1.32. The number of nitrogens with one attached hydrogen (secondary N) is 1. The molecule has 0 aromatic carbocycles. The molecule has 4 nitrogen and oxygen atoms in total. The van der Waals surface area contributed by atoms with E-state index in [4.69, 9.17) is 5.84 Å². The number of nitrogens with two attached hydrogens (primary N) is 1. The normalized spacial score (nSPS) is 19.1. The van der Waals surface area contributed by atoms with Gasteiger partial charge in [0, 0.05) is 7.05 Å². The van der Waals surface area contributed by atoms with Crippen LogP contribution < -0.4 is 11.4 Å². The van der Waals surface area contributed by atoms with Gasteiger partial charge in [-0.3, -0.25) is 5.01 Å². The zero-order valence-electron chi connectivity index (χ0n) is 4.05. The molecular weight excluding hydrogens is 92.1 g/mol. The van der Waals surface area contributed by atoms with E-state index in [1.54, 1.807) is 11.2 Å². The van der Waals surface area contributed by atoms with Crippen molar-refractivity contribution in [3.8, 4) is 0 Å². The molecule has 4 heteroatoms. The third kappa shape index (κ3) is 0.819. The zero-order valence-corrected chi connectivity index (χ0v) is 4.05. The molecule has 1 aliphatic heterocycles. The van der Waals surface area contributed by atoms with Crippen LogP contribution in [0, 0.1) is 6.20 Å². The number of hydrazine groups is 3. The van der Waals surface area contributed by atoms with E-state index in [0.29, 0.717) is 0 Å². The number of nitrogens with zero attached hydrogens (tertiary/aromatic N) is 2. The van der Waals surface area contributed by atoms with Crippen LogP contribution in [0.2, 0.25) is 0 Å². The van der Waals surface area contributed by atoms with E-state index in [-0.39, 0.29) is 0 Å². The fourth-order valence-corrected chi connectivity index (χ4v) is 0.380. The van der Waals surface area contributed by atoms with Crippen molar-refractivity contribution in [2.45, 2.75) is 0 Å². The molecule has 0 atom stereocenters. The van der Waals surface area contributed by atoms with E-state index in [2.05, 4.69) is 11.7 Å². The maximum atomic E-state index is 5.19. The second-order valence-corrected chi connectivity index (χ2v) is 1.32. The molecule has 0 amide bonds. The van der Waals surface area contributed by atoms with Gasteiger partial charge in [0.1, 0.15) is 0 Å². The van der Waals surface area contributed by atoms with Crippen molar-refractivity contribution in [3.63, 3.8) is 0 Å². The minimum Gasteiger partial charge on any atom is -0.289 e. The highest BCUT2D eigenvalue weighted by atomic mass is 15.8. The summed E-state index contributed by atoms with van der Waals surface area (Å²) in [5.41, 5.74) is 2.69. The van der Waals surface area contributed by atoms with Gasteiger partial charge in [0.2, 0.25) is 0 Å². The predicted octanol–water partition coefficient (Wildman–Crippen LogP) is -1.20. The number of hydrogen-bond donors (Lipinski definition) is 2. The summed E-state index contributed by atoms with van der Waals surface area (Å²) < 4.78 is 0. The molecule has 0 unspecified atom stereocenters. The highest BCUT2D eigenvalue weighted by molar-refractivity contribution is 4.71. The van der Waals surface area contributed by atoms with Gasteiger partial charge < -0.3 is 0 Å².